The van der Waals surface area contributed by atoms with Crippen LogP contribution >= 0.6 is 11.6 Å². The van der Waals surface area contributed by atoms with Gasteiger partial charge < -0.3 is 10.5 Å². The minimum absolute atomic E-state index is 0.0533. The van der Waals surface area contributed by atoms with Crippen LogP contribution < -0.4 is 5.73 Å². The van der Waals surface area contributed by atoms with Crippen molar-refractivity contribution in [3.05, 3.63) is 52.8 Å². The summed E-state index contributed by atoms with van der Waals surface area (Å²) < 4.78 is 18.5. The van der Waals surface area contributed by atoms with Crippen LogP contribution in [0.15, 0.2) is 36.4 Å². The van der Waals surface area contributed by atoms with Crippen LogP contribution in [0, 0.1) is 5.82 Å². The van der Waals surface area contributed by atoms with Crippen molar-refractivity contribution in [3.8, 4) is 11.1 Å². The highest BCUT2D eigenvalue weighted by Crippen LogP contribution is 2.31. The highest BCUT2D eigenvalue weighted by atomic mass is 35.5. The Bertz CT molecular complexity index is 656. The largest absolute Gasteiger partial charge is 0.466 e. The molecule has 3 nitrogen and oxygen atoms in total. The summed E-state index contributed by atoms with van der Waals surface area (Å²) in [5.74, 6) is -0.827. The molecule has 0 aliphatic heterocycles. The van der Waals surface area contributed by atoms with E-state index in [1.165, 1.54) is 6.07 Å². The molecule has 0 saturated carbocycles. The Morgan fingerprint density at radius 3 is 2.57 bits per heavy atom. The number of hydrogen-bond acceptors (Lipinski definition) is 3. The topological polar surface area (TPSA) is 52.3 Å². The average molecular weight is 308 g/mol. The Morgan fingerprint density at radius 2 is 1.95 bits per heavy atom. The van der Waals surface area contributed by atoms with Gasteiger partial charge in [0.1, 0.15) is 5.82 Å². The molecule has 0 fully saturated rings. The minimum atomic E-state index is -0.548. The average Bonchev–Trinajstić information content (AvgIpc) is 2.44. The molecular formula is C16H15ClFNO2. The van der Waals surface area contributed by atoms with E-state index in [0.717, 1.165) is 11.1 Å². The molecule has 110 valence electrons. The second kappa shape index (κ2) is 6.59. The molecule has 0 amide bonds. The molecule has 0 atom stereocenters. The van der Waals surface area contributed by atoms with E-state index in [4.69, 9.17) is 22.1 Å². The molecule has 0 aliphatic rings. The lowest BCUT2D eigenvalue weighted by Crippen LogP contribution is -2.07. The van der Waals surface area contributed by atoms with Crippen LogP contribution in [-0.2, 0) is 16.0 Å². The zero-order chi connectivity index (χ0) is 15.4. The lowest BCUT2D eigenvalue weighted by molar-refractivity contribution is -0.142. The SMILES string of the molecule is CCOC(=O)Cc1ccc(-c2cc(Cl)cc(F)c2N)cc1. The first-order valence-electron chi connectivity index (χ1n) is 6.50. The Balaban J connectivity index is 2.25. The van der Waals surface area contributed by atoms with Gasteiger partial charge in [0.05, 0.1) is 18.7 Å². The van der Waals surface area contributed by atoms with Crippen molar-refractivity contribution in [2.24, 2.45) is 0 Å². The van der Waals surface area contributed by atoms with Crippen LogP contribution in [0.4, 0.5) is 10.1 Å². The predicted octanol–water partition coefficient (Wildman–Crippen LogP) is 3.83. The number of anilines is 1. The van der Waals surface area contributed by atoms with Crippen molar-refractivity contribution in [2.75, 3.05) is 12.3 Å². The van der Waals surface area contributed by atoms with E-state index in [-0.39, 0.29) is 23.1 Å². The van der Waals surface area contributed by atoms with Crippen molar-refractivity contribution < 1.29 is 13.9 Å². The molecule has 21 heavy (non-hydrogen) atoms. The smallest absolute Gasteiger partial charge is 0.310 e. The number of carbonyl (C=O) groups excluding carboxylic acids is 1. The quantitative estimate of drug-likeness (QED) is 0.690. The Labute approximate surface area is 127 Å². The van der Waals surface area contributed by atoms with E-state index in [0.29, 0.717) is 12.2 Å². The number of nitrogen functional groups attached to an aromatic ring is 1. The van der Waals surface area contributed by atoms with E-state index >= 15 is 0 Å². The van der Waals surface area contributed by atoms with Gasteiger partial charge in [-0.05, 0) is 30.2 Å². The van der Waals surface area contributed by atoms with Crippen LogP contribution in [0.2, 0.25) is 5.02 Å². The number of benzene rings is 2. The zero-order valence-electron chi connectivity index (χ0n) is 11.5. The molecule has 2 aromatic rings. The third kappa shape index (κ3) is 3.73. The lowest BCUT2D eigenvalue weighted by Gasteiger charge is -2.09. The fraction of sp³-hybridized carbons (Fsp3) is 0.188. The first kappa shape index (κ1) is 15.3. The summed E-state index contributed by atoms with van der Waals surface area (Å²) in [6, 6.07) is 9.90. The molecule has 0 aliphatic carbocycles. The maximum atomic E-state index is 13.6. The molecule has 0 bridgehead atoms. The standard InChI is InChI=1S/C16H15ClFNO2/c1-2-21-15(20)7-10-3-5-11(6-4-10)13-8-12(17)9-14(18)16(13)19/h3-6,8-9H,2,7,19H2,1H3. The van der Waals surface area contributed by atoms with E-state index in [1.807, 2.05) is 0 Å². The minimum Gasteiger partial charge on any atom is -0.466 e. The number of rotatable bonds is 4. The molecule has 0 unspecified atom stereocenters. The van der Waals surface area contributed by atoms with Crippen LogP contribution in [0.5, 0.6) is 0 Å². The second-order valence-corrected chi connectivity index (χ2v) is 4.96. The fourth-order valence-electron chi connectivity index (χ4n) is 2.00. The van der Waals surface area contributed by atoms with Crippen LogP contribution in [0.3, 0.4) is 0 Å². The number of hydrogen-bond donors (Lipinski definition) is 1. The predicted molar refractivity (Wildman–Crippen MR) is 81.6 cm³/mol. The van der Waals surface area contributed by atoms with Gasteiger partial charge in [0.15, 0.2) is 0 Å². The maximum Gasteiger partial charge on any atom is 0.310 e. The van der Waals surface area contributed by atoms with Gasteiger partial charge in [0.2, 0.25) is 0 Å². The number of ether oxygens (including phenoxy) is 1. The van der Waals surface area contributed by atoms with Gasteiger partial charge in [-0.2, -0.15) is 0 Å². The molecule has 2 rings (SSSR count). The highest BCUT2D eigenvalue weighted by Gasteiger charge is 2.10. The van der Waals surface area contributed by atoms with Gasteiger partial charge in [-0.25, -0.2) is 4.39 Å². The van der Waals surface area contributed by atoms with Crippen molar-refractivity contribution in [1.82, 2.24) is 0 Å². The van der Waals surface area contributed by atoms with E-state index in [2.05, 4.69) is 0 Å². The van der Waals surface area contributed by atoms with E-state index < -0.39 is 5.82 Å². The Kier molecular flexibility index (Phi) is 4.81. The molecule has 0 radical (unpaired) electrons. The number of carbonyl (C=O) groups is 1. The van der Waals surface area contributed by atoms with Crippen molar-refractivity contribution in [3.63, 3.8) is 0 Å². The van der Waals surface area contributed by atoms with Gasteiger partial charge in [-0.15, -0.1) is 0 Å². The molecule has 2 N–H and O–H groups in total. The van der Waals surface area contributed by atoms with Crippen molar-refractivity contribution in [2.45, 2.75) is 13.3 Å². The normalized spacial score (nSPS) is 10.4. The molecule has 5 heteroatoms. The molecule has 0 heterocycles. The molecule has 0 aromatic heterocycles. The van der Waals surface area contributed by atoms with Crippen LogP contribution in [-0.4, -0.2) is 12.6 Å². The molecular weight excluding hydrogens is 293 g/mol. The summed E-state index contributed by atoms with van der Waals surface area (Å²) in [5.41, 5.74) is 7.87. The second-order valence-electron chi connectivity index (χ2n) is 4.53. The van der Waals surface area contributed by atoms with Gasteiger partial charge >= 0.3 is 5.97 Å². The third-order valence-corrected chi connectivity index (χ3v) is 3.23. The van der Waals surface area contributed by atoms with Crippen LogP contribution in [0.1, 0.15) is 12.5 Å². The Hall–Kier alpha value is -2.07. The van der Waals surface area contributed by atoms with Gasteiger partial charge in [0.25, 0.3) is 0 Å². The van der Waals surface area contributed by atoms with Gasteiger partial charge in [-0.1, -0.05) is 35.9 Å². The highest BCUT2D eigenvalue weighted by molar-refractivity contribution is 6.31. The molecule has 0 spiro atoms. The third-order valence-electron chi connectivity index (χ3n) is 3.01. The van der Waals surface area contributed by atoms with E-state index in [1.54, 1.807) is 37.3 Å². The van der Waals surface area contributed by atoms with Crippen molar-refractivity contribution >= 4 is 23.3 Å². The van der Waals surface area contributed by atoms with Crippen LogP contribution in [0.25, 0.3) is 11.1 Å². The summed E-state index contributed by atoms with van der Waals surface area (Å²) in [4.78, 5) is 11.4. The summed E-state index contributed by atoms with van der Waals surface area (Å²) >= 11 is 5.85. The zero-order valence-corrected chi connectivity index (χ0v) is 12.3. The Morgan fingerprint density at radius 1 is 1.29 bits per heavy atom. The maximum absolute atomic E-state index is 13.6. The van der Waals surface area contributed by atoms with Gasteiger partial charge in [-0.3, -0.25) is 4.79 Å². The fourth-order valence-corrected chi connectivity index (χ4v) is 2.21. The van der Waals surface area contributed by atoms with Gasteiger partial charge in [0, 0.05) is 10.6 Å². The first-order chi connectivity index (χ1) is 10.0. The summed E-state index contributed by atoms with van der Waals surface area (Å²) in [5, 5.41) is 0.285. The number of halogens is 2. The van der Waals surface area contributed by atoms with E-state index in [9.17, 15) is 9.18 Å². The summed E-state index contributed by atoms with van der Waals surface area (Å²) in [6.45, 7) is 2.12. The van der Waals surface area contributed by atoms with Crippen molar-refractivity contribution in [1.29, 1.82) is 0 Å². The molecule has 2 aromatic carbocycles. The number of nitrogens with two attached hydrogens (primary N) is 1. The summed E-state index contributed by atoms with van der Waals surface area (Å²) in [6.07, 6.45) is 0.202. The molecule has 0 saturated heterocycles. The number of esters is 1. The lowest BCUT2D eigenvalue weighted by atomic mass is 10.0. The first-order valence-corrected chi connectivity index (χ1v) is 6.88. The summed E-state index contributed by atoms with van der Waals surface area (Å²) in [7, 11) is 0. The monoisotopic (exact) mass is 307 g/mol.